The first-order valence-electron chi connectivity index (χ1n) is 2.98. The highest BCUT2D eigenvalue weighted by molar-refractivity contribution is 5.24. The fraction of sp³-hybridized carbons (Fsp3) is 0.143. The summed E-state index contributed by atoms with van der Waals surface area (Å²) in [6.45, 7) is -1.22. The maximum absolute atomic E-state index is 12.3. The van der Waals surface area contributed by atoms with E-state index in [1.807, 2.05) is 0 Å². The maximum atomic E-state index is 12.3. The van der Waals surface area contributed by atoms with Crippen molar-refractivity contribution >= 4 is 0 Å². The van der Waals surface area contributed by atoms with Gasteiger partial charge in [-0.15, -0.1) is 0 Å². The zero-order valence-corrected chi connectivity index (χ0v) is 5.78. The van der Waals surface area contributed by atoms with Gasteiger partial charge in [0.05, 0.1) is 0 Å². The summed E-state index contributed by atoms with van der Waals surface area (Å²) < 4.78 is 52.5. The van der Waals surface area contributed by atoms with Crippen LogP contribution in [-0.4, -0.2) is 6.86 Å². The molecule has 0 saturated carbocycles. The van der Waals surface area contributed by atoms with Crippen molar-refractivity contribution < 1.29 is 22.3 Å². The molecule has 0 aliphatic rings. The molecule has 5 heteroatoms. The SMILES string of the molecule is FCOc1cc(F)c(F)c(F)c1. The molecular weight excluding hydrogens is 176 g/mol. The minimum atomic E-state index is -1.60. The van der Waals surface area contributed by atoms with E-state index in [1.165, 1.54) is 0 Å². The summed E-state index contributed by atoms with van der Waals surface area (Å²) in [6.07, 6.45) is 0. The molecule has 0 N–H and O–H groups in total. The molecule has 0 aromatic heterocycles. The quantitative estimate of drug-likeness (QED) is 0.501. The third-order valence-corrected chi connectivity index (χ3v) is 1.18. The third kappa shape index (κ3) is 1.66. The van der Waals surface area contributed by atoms with Gasteiger partial charge >= 0.3 is 0 Å². The van der Waals surface area contributed by atoms with E-state index < -0.39 is 24.3 Å². The van der Waals surface area contributed by atoms with Gasteiger partial charge in [-0.05, 0) is 0 Å². The van der Waals surface area contributed by atoms with E-state index >= 15 is 0 Å². The second-order valence-corrected chi connectivity index (χ2v) is 1.95. The molecule has 0 aliphatic carbocycles. The first-order valence-corrected chi connectivity index (χ1v) is 2.98. The van der Waals surface area contributed by atoms with E-state index in [-0.39, 0.29) is 5.75 Å². The first kappa shape index (κ1) is 8.83. The molecule has 0 heterocycles. The van der Waals surface area contributed by atoms with Crippen molar-refractivity contribution in [2.24, 2.45) is 0 Å². The number of ether oxygens (including phenoxy) is 1. The van der Waals surface area contributed by atoms with Gasteiger partial charge in [-0.2, -0.15) is 0 Å². The molecule has 1 aromatic rings. The van der Waals surface area contributed by atoms with Gasteiger partial charge < -0.3 is 4.74 Å². The molecule has 0 aliphatic heterocycles. The van der Waals surface area contributed by atoms with Gasteiger partial charge in [0.2, 0.25) is 6.86 Å². The van der Waals surface area contributed by atoms with Crippen LogP contribution in [0, 0.1) is 17.5 Å². The number of alkyl halides is 1. The van der Waals surface area contributed by atoms with Crippen molar-refractivity contribution in [2.45, 2.75) is 0 Å². The Balaban J connectivity index is 3.04. The normalized spacial score (nSPS) is 10.0. The molecule has 0 fully saturated rings. The first-order chi connectivity index (χ1) is 5.65. The lowest BCUT2D eigenvalue weighted by molar-refractivity contribution is 0.189. The molecule has 0 unspecified atom stereocenters. The molecule has 0 amide bonds. The minimum Gasteiger partial charge on any atom is -0.463 e. The van der Waals surface area contributed by atoms with Gasteiger partial charge in [0.1, 0.15) is 5.75 Å². The fourth-order valence-corrected chi connectivity index (χ4v) is 0.679. The molecule has 0 bridgehead atoms. The molecule has 1 nitrogen and oxygen atoms in total. The van der Waals surface area contributed by atoms with Crippen molar-refractivity contribution in [3.8, 4) is 5.75 Å². The van der Waals surface area contributed by atoms with Crippen molar-refractivity contribution in [2.75, 3.05) is 6.86 Å². The molecule has 1 rings (SSSR count). The fourth-order valence-electron chi connectivity index (χ4n) is 0.679. The average molecular weight is 180 g/mol. The van der Waals surface area contributed by atoms with Crippen molar-refractivity contribution in [1.82, 2.24) is 0 Å². The highest BCUT2D eigenvalue weighted by Crippen LogP contribution is 2.18. The highest BCUT2D eigenvalue weighted by atomic mass is 19.2. The van der Waals surface area contributed by atoms with Crippen LogP contribution >= 0.6 is 0 Å². The standard InChI is InChI=1S/C7H4F4O/c8-3-12-4-1-5(9)7(11)6(10)2-4/h1-2H,3H2. The molecule has 1 aromatic carbocycles. The van der Waals surface area contributed by atoms with Crippen molar-refractivity contribution in [1.29, 1.82) is 0 Å². The lowest BCUT2D eigenvalue weighted by Crippen LogP contribution is -1.95. The predicted octanol–water partition coefficient (Wildman–Crippen LogP) is 2.41. The van der Waals surface area contributed by atoms with Crippen molar-refractivity contribution in [3.05, 3.63) is 29.6 Å². The summed E-state index contributed by atoms with van der Waals surface area (Å²) in [6, 6.07) is 1.13. The Kier molecular flexibility index (Phi) is 2.52. The Morgan fingerprint density at radius 2 is 1.58 bits per heavy atom. The minimum absolute atomic E-state index is 0.381. The smallest absolute Gasteiger partial charge is 0.228 e. The summed E-state index contributed by atoms with van der Waals surface area (Å²) in [5.74, 6) is -4.79. The van der Waals surface area contributed by atoms with Crippen LogP contribution in [0.5, 0.6) is 5.75 Å². The lowest BCUT2D eigenvalue weighted by atomic mass is 10.3. The van der Waals surface area contributed by atoms with Crippen LogP contribution in [0.15, 0.2) is 12.1 Å². The Labute approximate surface area is 65.6 Å². The van der Waals surface area contributed by atoms with E-state index in [2.05, 4.69) is 4.74 Å². The molecule has 66 valence electrons. The van der Waals surface area contributed by atoms with E-state index in [0.29, 0.717) is 12.1 Å². The molecule has 0 atom stereocenters. The van der Waals surface area contributed by atoms with E-state index in [1.54, 1.807) is 0 Å². The maximum Gasteiger partial charge on any atom is 0.228 e. The van der Waals surface area contributed by atoms with Gasteiger partial charge in [0.15, 0.2) is 17.5 Å². The van der Waals surface area contributed by atoms with Crippen LogP contribution in [0.3, 0.4) is 0 Å². The number of benzene rings is 1. The largest absolute Gasteiger partial charge is 0.463 e. The monoisotopic (exact) mass is 180 g/mol. The topological polar surface area (TPSA) is 9.23 Å². The summed E-state index contributed by atoms with van der Waals surface area (Å²) >= 11 is 0. The van der Waals surface area contributed by atoms with Gasteiger partial charge in [0, 0.05) is 12.1 Å². The van der Waals surface area contributed by atoms with E-state index in [9.17, 15) is 17.6 Å². The van der Waals surface area contributed by atoms with Gasteiger partial charge in [-0.25, -0.2) is 17.6 Å². The summed E-state index contributed by atoms with van der Waals surface area (Å²) in [5.41, 5.74) is 0. The second kappa shape index (κ2) is 3.42. The molecule has 0 spiro atoms. The number of hydrogen-bond donors (Lipinski definition) is 0. The highest BCUT2D eigenvalue weighted by Gasteiger charge is 2.10. The van der Waals surface area contributed by atoms with Gasteiger partial charge in [-0.3, -0.25) is 0 Å². The molecule has 0 saturated heterocycles. The Hall–Kier alpha value is -1.26. The lowest BCUT2D eigenvalue weighted by Gasteiger charge is -2.01. The second-order valence-electron chi connectivity index (χ2n) is 1.95. The van der Waals surface area contributed by atoms with Crippen LogP contribution < -0.4 is 4.74 Å². The van der Waals surface area contributed by atoms with E-state index in [0.717, 1.165) is 0 Å². The van der Waals surface area contributed by atoms with Crippen molar-refractivity contribution in [3.63, 3.8) is 0 Å². The van der Waals surface area contributed by atoms with Crippen LogP contribution in [0.2, 0.25) is 0 Å². The van der Waals surface area contributed by atoms with E-state index in [4.69, 9.17) is 0 Å². The summed E-state index contributed by atoms with van der Waals surface area (Å²) in [4.78, 5) is 0. The van der Waals surface area contributed by atoms with Gasteiger partial charge in [0.25, 0.3) is 0 Å². The molecule has 12 heavy (non-hydrogen) atoms. The zero-order chi connectivity index (χ0) is 9.14. The summed E-state index contributed by atoms with van der Waals surface area (Å²) in [5, 5.41) is 0. The number of rotatable bonds is 2. The Bertz CT molecular complexity index is 264. The van der Waals surface area contributed by atoms with Crippen LogP contribution in [-0.2, 0) is 0 Å². The molecule has 0 radical (unpaired) electrons. The average Bonchev–Trinajstić information content (AvgIpc) is 2.01. The summed E-state index contributed by atoms with van der Waals surface area (Å²) in [7, 11) is 0. The van der Waals surface area contributed by atoms with Crippen LogP contribution in [0.1, 0.15) is 0 Å². The number of hydrogen-bond acceptors (Lipinski definition) is 1. The van der Waals surface area contributed by atoms with Crippen LogP contribution in [0.4, 0.5) is 17.6 Å². The Morgan fingerprint density at radius 3 is 2.00 bits per heavy atom. The third-order valence-electron chi connectivity index (χ3n) is 1.18. The zero-order valence-electron chi connectivity index (χ0n) is 5.78. The van der Waals surface area contributed by atoms with Gasteiger partial charge in [-0.1, -0.05) is 0 Å². The predicted molar refractivity (Wildman–Crippen MR) is 32.9 cm³/mol. The molecular formula is C7H4F4O. The van der Waals surface area contributed by atoms with Crippen LogP contribution in [0.25, 0.3) is 0 Å². The Morgan fingerprint density at radius 1 is 1.08 bits per heavy atom. The number of halogens is 4.